The fourth-order valence-corrected chi connectivity index (χ4v) is 1.44. The lowest BCUT2D eigenvalue weighted by atomic mass is 10.1. The third-order valence-corrected chi connectivity index (χ3v) is 2.13. The van der Waals surface area contributed by atoms with Crippen molar-refractivity contribution in [2.24, 2.45) is 5.10 Å². The SMILES string of the molecule is C/C(=N\N(C)C)c1ccc([N+](=O)[O-])cc1[N+](=O)[O-]. The van der Waals surface area contributed by atoms with Crippen LogP contribution in [0.5, 0.6) is 0 Å². The van der Waals surface area contributed by atoms with Crippen molar-refractivity contribution >= 4 is 17.1 Å². The van der Waals surface area contributed by atoms with Gasteiger partial charge in [0, 0.05) is 20.2 Å². The van der Waals surface area contributed by atoms with Gasteiger partial charge in [0.05, 0.1) is 27.2 Å². The number of hydrogen-bond donors (Lipinski definition) is 0. The van der Waals surface area contributed by atoms with Crippen molar-refractivity contribution in [3.63, 3.8) is 0 Å². The Kier molecular flexibility index (Phi) is 3.93. The molecule has 8 heteroatoms. The smallest absolute Gasteiger partial charge is 0.285 e. The second kappa shape index (κ2) is 5.21. The van der Waals surface area contributed by atoms with E-state index in [2.05, 4.69) is 5.10 Å². The van der Waals surface area contributed by atoms with Crippen LogP contribution in [0.15, 0.2) is 23.3 Å². The molecule has 1 aromatic carbocycles. The number of rotatable bonds is 4. The van der Waals surface area contributed by atoms with Crippen LogP contribution in [0.3, 0.4) is 0 Å². The Labute approximate surface area is 103 Å². The molecule has 0 unspecified atom stereocenters. The molecule has 1 aromatic rings. The highest BCUT2D eigenvalue weighted by Gasteiger charge is 2.21. The summed E-state index contributed by atoms with van der Waals surface area (Å²) in [5.41, 5.74) is 0.0382. The third kappa shape index (κ3) is 3.00. The minimum absolute atomic E-state index is 0.263. The monoisotopic (exact) mass is 252 g/mol. The maximum atomic E-state index is 10.9. The summed E-state index contributed by atoms with van der Waals surface area (Å²) in [5.74, 6) is 0. The van der Waals surface area contributed by atoms with Gasteiger partial charge in [-0.25, -0.2) is 0 Å². The van der Waals surface area contributed by atoms with Gasteiger partial charge in [-0.2, -0.15) is 5.10 Å². The van der Waals surface area contributed by atoms with E-state index in [9.17, 15) is 20.2 Å². The second-order valence-corrected chi connectivity index (χ2v) is 3.75. The second-order valence-electron chi connectivity index (χ2n) is 3.75. The summed E-state index contributed by atoms with van der Waals surface area (Å²) in [7, 11) is 3.36. The summed E-state index contributed by atoms with van der Waals surface area (Å²) in [4.78, 5) is 20.2. The summed E-state index contributed by atoms with van der Waals surface area (Å²) in [6.45, 7) is 1.61. The summed E-state index contributed by atoms with van der Waals surface area (Å²) >= 11 is 0. The van der Waals surface area contributed by atoms with E-state index in [1.165, 1.54) is 17.1 Å². The predicted octanol–water partition coefficient (Wildman–Crippen LogP) is 1.79. The van der Waals surface area contributed by atoms with Gasteiger partial charge in [0.15, 0.2) is 0 Å². The molecule has 1 rings (SSSR count). The van der Waals surface area contributed by atoms with Crippen LogP contribution in [0.1, 0.15) is 12.5 Å². The first-order valence-corrected chi connectivity index (χ1v) is 4.98. The molecule has 0 aliphatic rings. The maximum Gasteiger partial charge on any atom is 0.285 e. The number of nitro benzene ring substituents is 2. The number of non-ortho nitro benzene ring substituents is 1. The Balaban J connectivity index is 3.37. The predicted molar refractivity (Wildman–Crippen MR) is 65.6 cm³/mol. The molecule has 0 radical (unpaired) electrons. The van der Waals surface area contributed by atoms with E-state index in [1.54, 1.807) is 21.0 Å². The standard InChI is InChI=1S/C10H12N4O4/c1-7(11-12(2)3)9-5-4-8(13(15)16)6-10(9)14(17)18/h4-6H,1-3H3/b11-7+. The molecule has 0 spiro atoms. The minimum Gasteiger partial charge on any atom is -0.303 e. The lowest BCUT2D eigenvalue weighted by molar-refractivity contribution is -0.394. The van der Waals surface area contributed by atoms with Crippen LogP contribution >= 0.6 is 0 Å². The van der Waals surface area contributed by atoms with Gasteiger partial charge < -0.3 is 5.01 Å². The summed E-state index contributed by atoms with van der Waals surface area (Å²) in [6.07, 6.45) is 0. The van der Waals surface area contributed by atoms with Gasteiger partial charge in [0.2, 0.25) is 0 Å². The van der Waals surface area contributed by atoms with Gasteiger partial charge in [-0.05, 0) is 13.0 Å². The van der Waals surface area contributed by atoms with Crippen molar-refractivity contribution in [1.29, 1.82) is 0 Å². The van der Waals surface area contributed by atoms with E-state index < -0.39 is 9.85 Å². The van der Waals surface area contributed by atoms with Crippen LogP contribution in [0, 0.1) is 20.2 Å². The maximum absolute atomic E-state index is 10.9. The zero-order chi connectivity index (χ0) is 13.9. The van der Waals surface area contributed by atoms with E-state index in [0.717, 1.165) is 6.07 Å². The average Bonchev–Trinajstić information content (AvgIpc) is 2.26. The van der Waals surface area contributed by atoms with Crippen molar-refractivity contribution < 1.29 is 9.85 Å². The zero-order valence-corrected chi connectivity index (χ0v) is 10.2. The summed E-state index contributed by atoms with van der Waals surface area (Å²) in [5, 5.41) is 27.0. The van der Waals surface area contributed by atoms with Crippen LogP contribution in [0.2, 0.25) is 0 Å². The molecule has 0 saturated heterocycles. The number of hydrazone groups is 1. The fraction of sp³-hybridized carbons (Fsp3) is 0.300. The number of hydrogen-bond acceptors (Lipinski definition) is 6. The molecule has 0 aromatic heterocycles. The molecule has 0 aliphatic carbocycles. The molecule has 0 atom stereocenters. The molecule has 0 saturated carbocycles. The molecular formula is C10H12N4O4. The highest BCUT2D eigenvalue weighted by Crippen LogP contribution is 2.25. The molecule has 18 heavy (non-hydrogen) atoms. The van der Waals surface area contributed by atoms with Gasteiger partial charge in [-0.1, -0.05) is 0 Å². The van der Waals surface area contributed by atoms with Gasteiger partial charge in [-0.15, -0.1) is 0 Å². The molecular weight excluding hydrogens is 240 g/mol. The molecule has 0 fully saturated rings. The molecule has 0 amide bonds. The Hall–Kier alpha value is -2.51. The summed E-state index contributed by atoms with van der Waals surface area (Å²) < 4.78 is 0. The van der Waals surface area contributed by atoms with Gasteiger partial charge in [0.1, 0.15) is 0 Å². The Morgan fingerprint density at radius 2 is 1.83 bits per heavy atom. The first-order chi connectivity index (χ1) is 8.32. The van der Waals surface area contributed by atoms with Gasteiger partial charge in [0.25, 0.3) is 11.4 Å². The third-order valence-electron chi connectivity index (χ3n) is 2.13. The number of benzene rings is 1. The number of nitro groups is 2. The van der Waals surface area contributed by atoms with Gasteiger partial charge in [-0.3, -0.25) is 20.2 Å². The highest BCUT2D eigenvalue weighted by molar-refractivity contribution is 6.02. The normalized spacial score (nSPS) is 11.2. The first-order valence-electron chi connectivity index (χ1n) is 4.98. The van der Waals surface area contributed by atoms with Crippen molar-refractivity contribution in [2.45, 2.75) is 6.92 Å². The van der Waals surface area contributed by atoms with E-state index in [1.807, 2.05) is 0 Å². The Bertz CT molecular complexity index is 525. The zero-order valence-electron chi connectivity index (χ0n) is 10.2. The van der Waals surface area contributed by atoms with E-state index in [-0.39, 0.29) is 16.9 Å². The number of nitrogens with zero attached hydrogens (tertiary/aromatic N) is 4. The van der Waals surface area contributed by atoms with Crippen LogP contribution in [-0.4, -0.2) is 34.7 Å². The van der Waals surface area contributed by atoms with E-state index >= 15 is 0 Å². The largest absolute Gasteiger partial charge is 0.303 e. The van der Waals surface area contributed by atoms with Crippen LogP contribution < -0.4 is 0 Å². The molecule has 0 N–H and O–H groups in total. The van der Waals surface area contributed by atoms with Crippen LogP contribution in [-0.2, 0) is 0 Å². The molecule has 8 nitrogen and oxygen atoms in total. The van der Waals surface area contributed by atoms with Gasteiger partial charge >= 0.3 is 0 Å². The van der Waals surface area contributed by atoms with Crippen molar-refractivity contribution in [3.05, 3.63) is 44.0 Å². The summed E-state index contributed by atoms with van der Waals surface area (Å²) in [6, 6.07) is 3.49. The van der Waals surface area contributed by atoms with Crippen LogP contribution in [0.25, 0.3) is 0 Å². The Morgan fingerprint density at radius 3 is 2.28 bits per heavy atom. The quantitative estimate of drug-likeness (QED) is 0.461. The lowest BCUT2D eigenvalue weighted by Crippen LogP contribution is -2.09. The van der Waals surface area contributed by atoms with E-state index in [0.29, 0.717) is 5.71 Å². The fourth-order valence-electron chi connectivity index (χ4n) is 1.44. The van der Waals surface area contributed by atoms with Crippen molar-refractivity contribution in [2.75, 3.05) is 14.1 Å². The first kappa shape index (κ1) is 13.6. The minimum atomic E-state index is -0.671. The molecule has 0 aliphatic heterocycles. The topological polar surface area (TPSA) is 102 Å². The van der Waals surface area contributed by atoms with Crippen LogP contribution in [0.4, 0.5) is 11.4 Å². The average molecular weight is 252 g/mol. The van der Waals surface area contributed by atoms with Crippen molar-refractivity contribution in [1.82, 2.24) is 5.01 Å². The lowest BCUT2D eigenvalue weighted by Gasteiger charge is -2.07. The molecule has 96 valence electrons. The van der Waals surface area contributed by atoms with Crippen molar-refractivity contribution in [3.8, 4) is 0 Å². The van der Waals surface area contributed by atoms with E-state index in [4.69, 9.17) is 0 Å². The molecule has 0 heterocycles. The Morgan fingerprint density at radius 1 is 1.22 bits per heavy atom. The highest BCUT2D eigenvalue weighted by atomic mass is 16.6. The molecule has 0 bridgehead atoms.